The first-order chi connectivity index (χ1) is 18.8. The van der Waals surface area contributed by atoms with Crippen LogP contribution in [0.15, 0.2) is 83.8 Å². The van der Waals surface area contributed by atoms with Crippen LogP contribution in [0.25, 0.3) is 16.6 Å². The minimum atomic E-state index is -0.506. The zero-order chi connectivity index (χ0) is 26.7. The van der Waals surface area contributed by atoms with E-state index >= 15 is 0 Å². The van der Waals surface area contributed by atoms with Crippen LogP contribution in [0.5, 0.6) is 0 Å². The molecule has 0 radical (unpaired) electrons. The molecule has 0 aliphatic heterocycles. The van der Waals surface area contributed by atoms with Crippen LogP contribution in [0.3, 0.4) is 0 Å². The van der Waals surface area contributed by atoms with Gasteiger partial charge in [0.1, 0.15) is 0 Å². The monoisotopic (exact) mass is 538 g/mol. The first-order valence-electron chi connectivity index (χ1n) is 13.9. The summed E-state index contributed by atoms with van der Waals surface area (Å²) in [6.07, 6.45) is 7.13. The van der Waals surface area contributed by atoms with E-state index in [9.17, 15) is 14.7 Å². The molecule has 8 rings (SSSR count). The number of para-hydroxylation sites is 1. The van der Waals surface area contributed by atoms with Crippen LogP contribution in [0.2, 0.25) is 5.02 Å². The normalized spacial score (nSPS) is 27.1. The molecule has 198 valence electrons. The van der Waals surface area contributed by atoms with Crippen molar-refractivity contribution < 1.29 is 9.90 Å². The SMILES string of the molecule is O=C(NC1[C@@H]2CC3C[C@H]1CC(O)(C3)C2)c1ccc(Cc2cn(-c3ccccc3)c3cc(Cl)ccc3c2=O)cc1. The standard InChI is InChI=1S/C33H31ClN2O3/c34-26-10-11-28-29(15-26)36(27-4-2-1-3-5-27)19-25(31(28)37)12-20-6-8-22(9-7-20)32(38)35-30-23-13-21-14-24(30)18-33(39,16-21)17-23/h1-11,15,19,21,23-24,30,39H,12-14,16-18H2,(H,35,38)/t21?,23-,24+,30?,33?. The number of rotatable bonds is 5. The van der Waals surface area contributed by atoms with Gasteiger partial charge in [-0.1, -0.05) is 41.9 Å². The van der Waals surface area contributed by atoms with E-state index in [-0.39, 0.29) is 17.4 Å². The highest BCUT2D eigenvalue weighted by Gasteiger charge is 2.55. The molecule has 4 aliphatic rings. The Balaban J connectivity index is 1.13. The van der Waals surface area contributed by atoms with E-state index in [2.05, 4.69) is 5.32 Å². The fourth-order valence-corrected chi connectivity index (χ4v) is 7.89. The van der Waals surface area contributed by atoms with E-state index in [4.69, 9.17) is 11.6 Å². The third kappa shape index (κ3) is 4.48. The lowest BCUT2D eigenvalue weighted by Gasteiger charge is -2.58. The Labute approximate surface area is 232 Å². The van der Waals surface area contributed by atoms with Gasteiger partial charge in [0.2, 0.25) is 0 Å². The summed E-state index contributed by atoms with van der Waals surface area (Å²) in [5.74, 6) is 1.30. The number of hydrogen-bond acceptors (Lipinski definition) is 3. The molecule has 4 aliphatic carbocycles. The van der Waals surface area contributed by atoms with Gasteiger partial charge in [-0.25, -0.2) is 0 Å². The number of nitrogens with one attached hydrogen (secondary N) is 1. The highest BCUT2D eigenvalue weighted by Crippen LogP contribution is 2.55. The second kappa shape index (κ2) is 9.35. The summed E-state index contributed by atoms with van der Waals surface area (Å²) < 4.78 is 2.02. The summed E-state index contributed by atoms with van der Waals surface area (Å²) in [5.41, 5.74) is 3.47. The molecule has 39 heavy (non-hydrogen) atoms. The van der Waals surface area contributed by atoms with E-state index in [1.807, 2.05) is 71.4 Å². The van der Waals surface area contributed by atoms with Gasteiger partial charge in [-0.15, -0.1) is 0 Å². The zero-order valence-corrected chi connectivity index (χ0v) is 22.4. The number of carbonyl (C=O) groups excluding carboxylic acids is 1. The van der Waals surface area contributed by atoms with Gasteiger partial charge in [-0.05, 0) is 97.9 Å². The van der Waals surface area contributed by atoms with Crippen molar-refractivity contribution in [3.63, 3.8) is 0 Å². The van der Waals surface area contributed by atoms with Gasteiger partial charge in [-0.3, -0.25) is 9.59 Å². The summed E-state index contributed by atoms with van der Waals surface area (Å²) in [4.78, 5) is 26.6. The minimum Gasteiger partial charge on any atom is -0.390 e. The van der Waals surface area contributed by atoms with Gasteiger partial charge in [0, 0.05) is 45.9 Å². The number of fused-ring (bicyclic) bond motifs is 1. The molecule has 4 saturated carbocycles. The van der Waals surface area contributed by atoms with E-state index in [0.29, 0.717) is 45.7 Å². The van der Waals surface area contributed by atoms with Crippen molar-refractivity contribution in [2.24, 2.45) is 17.8 Å². The van der Waals surface area contributed by atoms with Crippen molar-refractivity contribution in [2.45, 2.75) is 50.2 Å². The number of aromatic nitrogens is 1. The van der Waals surface area contributed by atoms with E-state index in [1.54, 1.807) is 12.1 Å². The molecule has 3 aromatic carbocycles. The van der Waals surface area contributed by atoms with E-state index in [0.717, 1.165) is 48.9 Å². The maximum Gasteiger partial charge on any atom is 0.251 e. The second-order valence-electron chi connectivity index (χ2n) is 11.9. The topological polar surface area (TPSA) is 71.3 Å². The van der Waals surface area contributed by atoms with Crippen LogP contribution in [-0.2, 0) is 6.42 Å². The Morgan fingerprint density at radius 3 is 2.38 bits per heavy atom. The molecule has 4 bridgehead atoms. The quantitative estimate of drug-likeness (QED) is 0.332. The predicted octanol–water partition coefficient (Wildman–Crippen LogP) is 5.90. The third-order valence-electron chi connectivity index (χ3n) is 9.22. The number of amides is 1. The summed E-state index contributed by atoms with van der Waals surface area (Å²) in [7, 11) is 0. The maximum atomic E-state index is 13.4. The van der Waals surface area contributed by atoms with E-state index in [1.165, 1.54) is 0 Å². The molecule has 6 heteroatoms. The summed E-state index contributed by atoms with van der Waals surface area (Å²) >= 11 is 6.28. The molecule has 2 N–H and O–H groups in total. The van der Waals surface area contributed by atoms with Crippen molar-refractivity contribution in [3.05, 3.63) is 111 Å². The molecule has 1 aromatic heterocycles. The van der Waals surface area contributed by atoms with Crippen LogP contribution in [0.1, 0.15) is 53.6 Å². The number of pyridine rings is 1. The van der Waals surface area contributed by atoms with Crippen molar-refractivity contribution in [2.75, 3.05) is 0 Å². The minimum absolute atomic E-state index is 0.0146. The van der Waals surface area contributed by atoms with Crippen molar-refractivity contribution in [1.82, 2.24) is 9.88 Å². The average Bonchev–Trinajstić information content (AvgIpc) is 2.92. The number of nitrogens with zero attached hydrogens (tertiary/aromatic N) is 1. The number of benzene rings is 3. The van der Waals surface area contributed by atoms with E-state index < -0.39 is 5.60 Å². The van der Waals surface area contributed by atoms with Crippen LogP contribution in [0, 0.1) is 17.8 Å². The lowest BCUT2D eigenvalue weighted by atomic mass is 9.52. The fraction of sp³-hybridized carbons (Fsp3) is 0.333. The predicted molar refractivity (Wildman–Crippen MR) is 154 cm³/mol. The van der Waals surface area contributed by atoms with Crippen molar-refractivity contribution in [1.29, 1.82) is 0 Å². The van der Waals surface area contributed by atoms with Gasteiger partial charge in [0.15, 0.2) is 5.43 Å². The molecule has 4 aromatic rings. The molecular formula is C33H31ClN2O3. The highest BCUT2D eigenvalue weighted by molar-refractivity contribution is 6.31. The molecule has 1 heterocycles. The molecule has 5 nitrogen and oxygen atoms in total. The first-order valence-corrected chi connectivity index (χ1v) is 14.2. The molecule has 4 fully saturated rings. The Hall–Kier alpha value is -3.41. The van der Waals surface area contributed by atoms with Crippen LogP contribution in [0.4, 0.5) is 0 Å². The number of halogens is 1. The van der Waals surface area contributed by atoms with Crippen LogP contribution < -0.4 is 10.7 Å². The first kappa shape index (κ1) is 24.6. The lowest BCUT2D eigenvalue weighted by Crippen LogP contribution is -2.61. The fourth-order valence-electron chi connectivity index (χ4n) is 7.73. The van der Waals surface area contributed by atoms with Crippen LogP contribution in [-0.4, -0.2) is 27.2 Å². The Morgan fingerprint density at radius 1 is 0.974 bits per heavy atom. The smallest absolute Gasteiger partial charge is 0.251 e. The van der Waals surface area contributed by atoms with Gasteiger partial charge in [-0.2, -0.15) is 0 Å². The second-order valence-corrected chi connectivity index (χ2v) is 12.4. The van der Waals surface area contributed by atoms with Crippen molar-refractivity contribution >= 4 is 28.4 Å². The Morgan fingerprint density at radius 2 is 1.69 bits per heavy atom. The molecule has 0 spiro atoms. The van der Waals surface area contributed by atoms with Crippen LogP contribution >= 0.6 is 11.6 Å². The number of hydrogen-bond donors (Lipinski definition) is 2. The van der Waals surface area contributed by atoms with Gasteiger partial charge >= 0.3 is 0 Å². The summed E-state index contributed by atoms with van der Waals surface area (Å²) in [5, 5.41) is 15.4. The highest BCUT2D eigenvalue weighted by atomic mass is 35.5. The van der Waals surface area contributed by atoms with Gasteiger partial charge < -0.3 is 15.0 Å². The van der Waals surface area contributed by atoms with Gasteiger partial charge in [0.25, 0.3) is 5.91 Å². The molecule has 1 amide bonds. The molecule has 5 atom stereocenters. The third-order valence-corrected chi connectivity index (χ3v) is 9.46. The maximum absolute atomic E-state index is 13.4. The number of aliphatic hydroxyl groups is 1. The molecular weight excluding hydrogens is 508 g/mol. The Bertz CT molecular complexity index is 1610. The lowest BCUT2D eigenvalue weighted by molar-refractivity contribution is -0.136. The summed E-state index contributed by atoms with van der Waals surface area (Å²) in [6, 6.07) is 23.0. The average molecular weight is 539 g/mol. The number of carbonyl (C=O) groups is 1. The molecule has 3 unspecified atom stereocenters. The van der Waals surface area contributed by atoms with Crippen molar-refractivity contribution in [3.8, 4) is 5.69 Å². The molecule has 0 saturated heterocycles. The Kier molecular flexibility index (Phi) is 5.91. The zero-order valence-electron chi connectivity index (χ0n) is 21.6. The largest absolute Gasteiger partial charge is 0.390 e. The summed E-state index contributed by atoms with van der Waals surface area (Å²) in [6.45, 7) is 0. The van der Waals surface area contributed by atoms with Gasteiger partial charge in [0.05, 0.1) is 11.1 Å².